The number of esters is 1. The van der Waals surface area contributed by atoms with E-state index in [1.807, 2.05) is 104 Å². The van der Waals surface area contributed by atoms with Crippen LogP contribution in [-0.4, -0.2) is 55.5 Å². The van der Waals surface area contributed by atoms with Gasteiger partial charge in [0.15, 0.2) is 0 Å². The first-order valence-corrected chi connectivity index (χ1v) is 21.2. The van der Waals surface area contributed by atoms with E-state index in [1.54, 1.807) is 19.1 Å². The van der Waals surface area contributed by atoms with E-state index in [0.29, 0.717) is 59.3 Å². The number of benzene rings is 3. The highest BCUT2D eigenvalue weighted by Crippen LogP contribution is 2.46. The summed E-state index contributed by atoms with van der Waals surface area (Å²) in [5, 5.41) is 17.4. The fourth-order valence-electron chi connectivity index (χ4n) is 9.01. The van der Waals surface area contributed by atoms with Gasteiger partial charge >= 0.3 is 5.97 Å². The molecule has 0 unspecified atom stereocenters. The van der Waals surface area contributed by atoms with Gasteiger partial charge in [-0.3, -0.25) is 9.48 Å². The average Bonchev–Trinajstić information content (AvgIpc) is 3.84. The zero-order valence-corrected chi connectivity index (χ0v) is 37.1. The van der Waals surface area contributed by atoms with Crippen molar-refractivity contribution in [2.24, 2.45) is 7.05 Å². The van der Waals surface area contributed by atoms with Crippen molar-refractivity contribution in [3.8, 4) is 22.9 Å². The molecule has 1 atom stereocenters. The minimum absolute atomic E-state index is 0.169. The van der Waals surface area contributed by atoms with Crippen LogP contribution in [0, 0.1) is 45.9 Å². The number of aromatic nitrogens is 5. The van der Waals surface area contributed by atoms with Crippen molar-refractivity contribution in [3.63, 3.8) is 0 Å². The third kappa shape index (κ3) is 7.32. The fraction of sp³-hybridized carbons (Fsp3) is 0.312. The van der Waals surface area contributed by atoms with Gasteiger partial charge in [-0.15, -0.1) is 0 Å². The van der Waals surface area contributed by atoms with Crippen LogP contribution in [0.3, 0.4) is 0 Å². The molecule has 61 heavy (non-hydrogen) atoms. The van der Waals surface area contributed by atoms with Gasteiger partial charge in [0.05, 0.1) is 52.9 Å². The van der Waals surface area contributed by atoms with Gasteiger partial charge < -0.3 is 23.5 Å². The zero-order chi connectivity index (χ0) is 43.4. The molecule has 0 N–H and O–H groups in total. The molecule has 0 fully saturated rings. The first-order chi connectivity index (χ1) is 29.2. The molecule has 0 spiro atoms. The lowest BCUT2D eigenvalue weighted by Gasteiger charge is -2.35. The maximum absolute atomic E-state index is 15.6. The van der Waals surface area contributed by atoms with Gasteiger partial charge in [-0.05, 0) is 132 Å². The number of fused-ring (bicyclic) bond motifs is 4. The minimum Gasteiger partial charge on any atom is -0.494 e. The van der Waals surface area contributed by atoms with Crippen molar-refractivity contribution >= 4 is 62.6 Å². The third-order valence-corrected chi connectivity index (χ3v) is 12.6. The topological polar surface area (TPSA) is 120 Å². The number of nitriles is 1. The van der Waals surface area contributed by atoms with E-state index in [9.17, 15) is 10.1 Å². The molecular weight excluding hydrogens is 809 g/mol. The number of hydrogen-bond donors (Lipinski definition) is 0. The summed E-state index contributed by atoms with van der Waals surface area (Å²) in [7, 11) is 1.93. The molecule has 0 saturated heterocycles. The van der Waals surface area contributed by atoms with Gasteiger partial charge in [0.1, 0.15) is 28.9 Å². The van der Waals surface area contributed by atoms with Crippen molar-refractivity contribution in [3.05, 3.63) is 127 Å². The molecule has 0 bridgehead atoms. The van der Waals surface area contributed by atoms with E-state index in [1.165, 1.54) is 0 Å². The molecule has 1 amide bonds. The van der Waals surface area contributed by atoms with Crippen LogP contribution in [0.15, 0.2) is 60.7 Å². The number of carbonyl (C=O) groups is 2. The summed E-state index contributed by atoms with van der Waals surface area (Å²) in [5.41, 5.74) is 11.4. The SMILES string of the molecule is CCOC(=O)c1cc2cc(C)cc(N3C[C@@H](C)n4c(c(CCCOc5cc(C)c(Cl)c(C)c5)c5ccc(Cl)c(-c6c(C)nn(C)c6C)c54)C3=O)c2n1Cc1cccc(C#N)n1. The summed E-state index contributed by atoms with van der Waals surface area (Å²) in [6.07, 6.45) is 1.18. The van der Waals surface area contributed by atoms with E-state index in [0.717, 1.165) is 71.8 Å². The van der Waals surface area contributed by atoms with E-state index in [2.05, 4.69) is 22.5 Å². The zero-order valence-electron chi connectivity index (χ0n) is 35.6. The fourth-order valence-corrected chi connectivity index (χ4v) is 9.37. The van der Waals surface area contributed by atoms with Crippen molar-refractivity contribution in [1.29, 1.82) is 5.26 Å². The number of nitrogens with zero attached hydrogens (tertiary/aromatic N) is 7. The van der Waals surface area contributed by atoms with Crippen LogP contribution < -0.4 is 9.64 Å². The van der Waals surface area contributed by atoms with Gasteiger partial charge in [-0.25, -0.2) is 9.78 Å². The van der Waals surface area contributed by atoms with E-state index in [4.69, 9.17) is 37.8 Å². The predicted molar refractivity (Wildman–Crippen MR) is 240 cm³/mol. The normalized spacial score (nSPS) is 13.9. The summed E-state index contributed by atoms with van der Waals surface area (Å²) < 4.78 is 17.7. The Kier molecular flexibility index (Phi) is 11.2. The monoisotopic (exact) mass is 855 g/mol. The largest absolute Gasteiger partial charge is 0.494 e. The Morgan fingerprint density at radius 1 is 0.984 bits per heavy atom. The molecule has 4 aromatic heterocycles. The number of pyridine rings is 1. The third-order valence-electron chi connectivity index (χ3n) is 11.7. The second-order valence-electron chi connectivity index (χ2n) is 16.0. The molecule has 7 aromatic rings. The van der Waals surface area contributed by atoms with Crippen LogP contribution in [-0.2, 0) is 24.8 Å². The van der Waals surface area contributed by atoms with Crippen LogP contribution in [0.5, 0.6) is 5.75 Å². The van der Waals surface area contributed by atoms with E-state index < -0.39 is 5.97 Å². The highest BCUT2D eigenvalue weighted by molar-refractivity contribution is 6.35. The molecule has 5 heterocycles. The molecule has 1 aliphatic heterocycles. The number of aryl methyl sites for hydroxylation is 6. The molecule has 3 aromatic carbocycles. The Morgan fingerprint density at radius 2 is 1.74 bits per heavy atom. The number of rotatable bonds is 11. The summed E-state index contributed by atoms with van der Waals surface area (Å²) in [5.74, 6) is 0.0904. The Morgan fingerprint density at radius 3 is 2.43 bits per heavy atom. The molecule has 312 valence electrons. The maximum Gasteiger partial charge on any atom is 0.354 e. The number of ether oxygens (including phenoxy) is 2. The Hall–Kier alpha value is -6.09. The van der Waals surface area contributed by atoms with Crippen LogP contribution in [0.25, 0.3) is 32.9 Å². The molecule has 0 radical (unpaired) electrons. The number of anilines is 1. The number of hydrogen-bond acceptors (Lipinski definition) is 7. The maximum atomic E-state index is 15.6. The quantitative estimate of drug-likeness (QED) is 0.0938. The smallest absolute Gasteiger partial charge is 0.354 e. The van der Waals surface area contributed by atoms with Gasteiger partial charge in [-0.2, -0.15) is 10.4 Å². The molecular formula is C48H47Cl2N7O4. The van der Waals surface area contributed by atoms with Crippen molar-refractivity contribution < 1.29 is 19.1 Å². The first-order valence-electron chi connectivity index (χ1n) is 20.5. The van der Waals surface area contributed by atoms with Gasteiger partial charge in [0, 0.05) is 52.3 Å². The van der Waals surface area contributed by atoms with E-state index in [-0.39, 0.29) is 30.8 Å². The second-order valence-corrected chi connectivity index (χ2v) is 16.7. The Balaban J connectivity index is 1.30. The van der Waals surface area contributed by atoms with E-state index >= 15 is 4.79 Å². The van der Waals surface area contributed by atoms with Crippen LogP contribution in [0.1, 0.15) is 92.3 Å². The van der Waals surface area contributed by atoms with Crippen molar-refractivity contribution in [2.45, 2.75) is 73.9 Å². The lowest BCUT2D eigenvalue weighted by molar-refractivity contribution is 0.0515. The van der Waals surface area contributed by atoms with Crippen molar-refractivity contribution in [1.82, 2.24) is 23.9 Å². The summed E-state index contributed by atoms with van der Waals surface area (Å²) in [6.45, 7) is 15.0. The summed E-state index contributed by atoms with van der Waals surface area (Å²) >= 11 is 13.6. The van der Waals surface area contributed by atoms with Gasteiger partial charge in [-0.1, -0.05) is 35.3 Å². The summed E-state index contributed by atoms with van der Waals surface area (Å²) in [4.78, 5) is 35.6. The van der Waals surface area contributed by atoms with Crippen molar-refractivity contribution in [2.75, 3.05) is 24.7 Å². The number of amides is 1. The second kappa shape index (κ2) is 16.4. The molecule has 8 rings (SSSR count). The first kappa shape index (κ1) is 41.6. The lowest BCUT2D eigenvalue weighted by atomic mass is 9.98. The summed E-state index contributed by atoms with van der Waals surface area (Å²) in [6, 6.07) is 20.8. The highest BCUT2D eigenvalue weighted by Gasteiger charge is 2.38. The van der Waals surface area contributed by atoms with Crippen LogP contribution >= 0.6 is 23.2 Å². The van der Waals surface area contributed by atoms with Crippen LogP contribution in [0.4, 0.5) is 5.69 Å². The highest BCUT2D eigenvalue weighted by atomic mass is 35.5. The number of carbonyl (C=O) groups excluding carboxylic acids is 2. The average molecular weight is 857 g/mol. The molecule has 11 nitrogen and oxygen atoms in total. The number of halogens is 2. The minimum atomic E-state index is -0.490. The molecule has 1 aliphatic rings. The Bertz CT molecular complexity index is 2950. The molecule has 0 saturated carbocycles. The van der Waals surface area contributed by atoms with Gasteiger partial charge in [0.2, 0.25) is 0 Å². The molecule has 0 aliphatic carbocycles. The predicted octanol–water partition coefficient (Wildman–Crippen LogP) is 10.6. The standard InChI is InChI=1S/C48H47Cl2N7O4/c1-9-60-48(59)40-22-32-18-26(2)19-39(44(32)55(40)25-34-13-10-12-33(23-51)52-34)56-24-29(5)57-45-37(15-16-38(49)42(45)41-30(6)53-54(8)31(41)7)36(46(57)47(56)58)14-11-17-61-35-20-27(3)43(50)28(4)21-35/h10,12-13,15-16,18-22,29H,9,11,14,17,24-25H2,1-8H3/t29-/m1/s1. The molecule has 13 heteroatoms. The van der Waals surface area contributed by atoms with Gasteiger partial charge in [0.25, 0.3) is 5.91 Å². The van der Waals surface area contributed by atoms with Crippen LogP contribution in [0.2, 0.25) is 10.0 Å². The lowest BCUT2D eigenvalue weighted by Crippen LogP contribution is -2.43. The Labute approximate surface area is 365 Å².